The second-order valence-corrected chi connectivity index (χ2v) is 6.72. The Hall–Kier alpha value is -2.86. The number of hydrogen-bond acceptors (Lipinski definition) is 3. The lowest BCUT2D eigenvalue weighted by Gasteiger charge is -2.19. The summed E-state index contributed by atoms with van der Waals surface area (Å²) in [5.74, 6) is -0.607. The maximum atomic E-state index is 12.7. The molecule has 1 fully saturated rings. The average molecular weight is 370 g/mol. The number of benzene rings is 2. The first kappa shape index (κ1) is 16.6. The van der Waals surface area contributed by atoms with Crippen LogP contribution in [0, 0.1) is 0 Å². The van der Waals surface area contributed by atoms with Gasteiger partial charge in [-0.1, -0.05) is 29.8 Å². The van der Waals surface area contributed by atoms with Crippen LogP contribution in [0.2, 0.25) is 5.02 Å². The number of nitrogens with zero attached hydrogens (tertiary/aromatic N) is 2. The van der Waals surface area contributed by atoms with Gasteiger partial charge in [-0.25, -0.2) is 9.69 Å². The number of anilines is 2. The van der Waals surface area contributed by atoms with Crippen LogP contribution >= 0.6 is 11.6 Å². The van der Waals surface area contributed by atoms with E-state index < -0.39 is 18.0 Å². The number of fused-ring (bicyclic) bond motifs is 1. The molecule has 132 valence electrons. The zero-order valence-electron chi connectivity index (χ0n) is 13.8. The number of hydrogen-bond donors (Lipinski definition) is 1. The van der Waals surface area contributed by atoms with E-state index in [1.807, 2.05) is 12.1 Å². The number of amides is 4. The second kappa shape index (κ2) is 6.46. The molecule has 26 heavy (non-hydrogen) atoms. The van der Waals surface area contributed by atoms with Crippen LogP contribution in [-0.2, 0) is 16.0 Å². The largest absolute Gasteiger partial charge is 0.329 e. The van der Waals surface area contributed by atoms with E-state index in [1.165, 1.54) is 0 Å². The fourth-order valence-electron chi connectivity index (χ4n) is 3.41. The van der Waals surface area contributed by atoms with Crippen LogP contribution in [0.5, 0.6) is 0 Å². The van der Waals surface area contributed by atoms with Crippen molar-refractivity contribution in [2.24, 2.45) is 0 Å². The van der Waals surface area contributed by atoms with Gasteiger partial charge in [0.15, 0.2) is 0 Å². The summed E-state index contributed by atoms with van der Waals surface area (Å²) in [5.41, 5.74) is 2.32. The Morgan fingerprint density at radius 1 is 1.15 bits per heavy atom. The van der Waals surface area contributed by atoms with E-state index in [0.29, 0.717) is 17.3 Å². The summed E-state index contributed by atoms with van der Waals surface area (Å²) < 4.78 is 0. The summed E-state index contributed by atoms with van der Waals surface area (Å²) in [6.45, 7) is 0.547. The molecular weight excluding hydrogens is 354 g/mol. The van der Waals surface area contributed by atoms with E-state index in [1.54, 1.807) is 41.3 Å². The molecule has 0 spiro atoms. The van der Waals surface area contributed by atoms with Crippen LogP contribution in [-0.4, -0.2) is 30.4 Å². The summed E-state index contributed by atoms with van der Waals surface area (Å²) in [6, 6.07) is 12.7. The van der Waals surface area contributed by atoms with Gasteiger partial charge in [0.1, 0.15) is 6.04 Å². The molecular formula is C19H16ClN3O3. The van der Waals surface area contributed by atoms with Gasteiger partial charge >= 0.3 is 6.03 Å². The summed E-state index contributed by atoms with van der Waals surface area (Å²) in [6.07, 6.45) is 0.652. The van der Waals surface area contributed by atoms with Gasteiger partial charge in [0, 0.05) is 17.3 Å². The summed E-state index contributed by atoms with van der Waals surface area (Å²) >= 11 is 6.00. The number of para-hydroxylation sites is 1. The van der Waals surface area contributed by atoms with Gasteiger partial charge in [-0.05, 0) is 42.3 Å². The molecule has 2 heterocycles. The molecule has 0 aromatic heterocycles. The molecule has 1 saturated heterocycles. The molecule has 7 heteroatoms. The predicted octanol–water partition coefficient (Wildman–Crippen LogP) is 2.74. The van der Waals surface area contributed by atoms with Crippen molar-refractivity contribution in [1.29, 1.82) is 0 Å². The molecule has 1 N–H and O–H groups in total. The molecule has 2 aromatic rings. The molecule has 0 radical (unpaired) electrons. The van der Waals surface area contributed by atoms with Crippen molar-refractivity contribution in [3.05, 3.63) is 59.1 Å². The fourth-order valence-corrected chi connectivity index (χ4v) is 3.60. The topological polar surface area (TPSA) is 69.7 Å². The van der Waals surface area contributed by atoms with Crippen LogP contribution in [0.4, 0.5) is 16.2 Å². The van der Waals surface area contributed by atoms with Crippen molar-refractivity contribution < 1.29 is 14.4 Å². The van der Waals surface area contributed by atoms with E-state index in [4.69, 9.17) is 11.6 Å². The van der Waals surface area contributed by atoms with Crippen LogP contribution in [0.15, 0.2) is 48.5 Å². The number of nitrogens with one attached hydrogen (secondary N) is 1. The van der Waals surface area contributed by atoms with Crippen molar-refractivity contribution in [3.8, 4) is 0 Å². The summed E-state index contributed by atoms with van der Waals surface area (Å²) in [4.78, 5) is 40.2. The monoisotopic (exact) mass is 369 g/mol. The maximum Gasteiger partial charge on any atom is 0.329 e. The normalized spacial score (nSPS) is 18.9. The van der Waals surface area contributed by atoms with Crippen LogP contribution in [0.1, 0.15) is 12.0 Å². The standard InChI is InChI=1S/C19H16ClN3O3/c20-13-6-7-16-12(10-13)8-9-22(16)17(24)11-15-18(25)23(19(26)21-15)14-4-2-1-3-5-14/h1-7,10,15H,8-9,11H2,(H,21,26). The Morgan fingerprint density at radius 2 is 1.92 bits per heavy atom. The number of urea groups is 1. The molecule has 6 nitrogen and oxygen atoms in total. The van der Waals surface area contributed by atoms with Gasteiger partial charge in [0.25, 0.3) is 5.91 Å². The first-order valence-corrected chi connectivity index (χ1v) is 8.71. The molecule has 1 unspecified atom stereocenters. The fraction of sp³-hybridized carbons (Fsp3) is 0.211. The van der Waals surface area contributed by atoms with Gasteiger partial charge in [-0.15, -0.1) is 0 Å². The van der Waals surface area contributed by atoms with Gasteiger partial charge < -0.3 is 10.2 Å². The number of rotatable bonds is 3. The lowest BCUT2D eigenvalue weighted by molar-refractivity contribution is -0.124. The third kappa shape index (κ3) is 2.82. The molecule has 0 aliphatic carbocycles. The third-order valence-corrected chi connectivity index (χ3v) is 4.89. The minimum atomic E-state index is -0.855. The van der Waals surface area contributed by atoms with Crippen molar-refractivity contribution in [1.82, 2.24) is 5.32 Å². The summed E-state index contributed by atoms with van der Waals surface area (Å²) in [5, 5.41) is 3.24. The molecule has 2 aromatic carbocycles. The Labute approximate surface area is 155 Å². The average Bonchev–Trinajstić information content (AvgIpc) is 3.16. The predicted molar refractivity (Wildman–Crippen MR) is 98.4 cm³/mol. The van der Waals surface area contributed by atoms with Crippen molar-refractivity contribution >= 4 is 40.8 Å². The minimum absolute atomic E-state index is 0.0734. The zero-order valence-corrected chi connectivity index (χ0v) is 14.6. The number of halogens is 1. The third-order valence-electron chi connectivity index (χ3n) is 4.65. The van der Waals surface area contributed by atoms with Crippen molar-refractivity contribution in [2.45, 2.75) is 18.9 Å². The van der Waals surface area contributed by atoms with E-state index in [2.05, 4.69) is 5.32 Å². The van der Waals surface area contributed by atoms with E-state index in [9.17, 15) is 14.4 Å². The highest BCUT2D eigenvalue weighted by molar-refractivity contribution is 6.30. The SMILES string of the molecule is O=C(CC1NC(=O)N(c2ccccc2)C1=O)N1CCc2cc(Cl)ccc21. The Balaban J connectivity index is 1.50. The molecule has 4 amide bonds. The highest BCUT2D eigenvalue weighted by Crippen LogP contribution is 2.31. The molecule has 2 aliphatic rings. The van der Waals surface area contributed by atoms with Crippen LogP contribution < -0.4 is 15.1 Å². The second-order valence-electron chi connectivity index (χ2n) is 6.28. The van der Waals surface area contributed by atoms with Gasteiger partial charge in [0.2, 0.25) is 5.91 Å². The highest BCUT2D eigenvalue weighted by atomic mass is 35.5. The van der Waals surface area contributed by atoms with Gasteiger partial charge in [0.05, 0.1) is 12.1 Å². The zero-order chi connectivity index (χ0) is 18.3. The molecule has 4 rings (SSSR count). The first-order chi connectivity index (χ1) is 12.5. The maximum absolute atomic E-state index is 12.7. The molecule has 0 bridgehead atoms. The Kier molecular flexibility index (Phi) is 4.12. The van der Waals surface area contributed by atoms with Crippen LogP contribution in [0.3, 0.4) is 0 Å². The number of carbonyl (C=O) groups excluding carboxylic acids is 3. The number of carbonyl (C=O) groups is 3. The van der Waals surface area contributed by atoms with Gasteiger partial charge in [-0.3, -0.25) is 9.59 Å². The molecule has 0 saturated carbocycles. The molecule has 2 aliphatic heterocycles. The lowest BCUT2D eigenvalue weighted by atomic mass is 10.1. The molecule has 1 atom stereocenters. The van der Waals surface area contributed by atoms with E-state index in [-0.39, 0.29) is 12.3 Å². The lowest BCUT2D eigenvalue weighted by Crippen LogP contribution is -2.38. The van der Waals surface area contributed by atoms with E-state index in [0.717, 1.165) is 22.6 Å². The minimum Gasteiger partial charge on any atom is -0.325 e. The smallest absolute Gasteiger partial charge is 0.325 e. The Morgan fingerprint density at radius 3 is 2.69 bits per heavy atom. The van der Waals surface area contributed by atoms with Crippen molar-refractivity contribution in [3.63, 3.8) is 0 Å². The van der Waals surface area contributed by atoms with Crippen molar-refractivity contribution in [2.75, 3.05) is 16.3 Å². The number of imide groups is 1. The Bertz CT molecular complexity index is 900. The summed E-state index contributed by atoms with van der Waals surface area (Å²) in [7, 11) is 0. The van der Waals surface area contributed by atoms with Crippen LogP contribution in [0.25, 0.3) is 0 Å². The van der Waals surface area contributed by atoms with Gasteiger partial charge in [-0.2, -0.15) is 0 Å². The van der Waals surface area contributed by atoms with E-state index >= 15 is 0 Å². The highest BCUT2D eigenvalue weighted by Gasteiger charge is 2.41. The first-order valence-electron chi connectivity index (χ1n) is 8.33. The quantitative estimate of drug-likeness (QED) is 0.846.